The summed E-state index contributed by atoms with van der Waals surface area (Å²) in [6.45, 7) is 10.3. The first-order valence-electron chi connectivity index (χ1n) is 21.1. The summed E-state index contributed by atoms with van der Waals surface area (Å²) in [5.74, 6) is -1.64. The molecule has 0 saturated carbocycles. The molecule has 0 spiro atoms. The number of hydrogen-bond acceptors (Lipinski definition) is 19. The molecule has 0 aromatic heterocycles. The van der Waals surface area contributed by atoms with Gasteiger partial charge >= 0.3 is 6.16 Å². The number of imide groups is 1. The minimum Gasteiger partial charge on any atom is -0.432 e. The lowest BCUT2D eigenvalue weighted by atomic mass is 10.2. The number of carbonyl (C=O) groups is 6. The van der Waals surface area contributed by atoms with E-state index < -0.39 is 23.9 Å². The molecule has 0 atom stereocenters. The largest absolute Gasteiger partial charge is 0.513 e. The summed E-state index contributed by atoms with van der Waals surface area (Å²) in [7, 11) is 0. The number of carbonyl (C=O) groups excluding carboxylic acids is 6. The third kappa shape index (κ3) is 31.4. The quantitative estimate of drug-likeness (QED) is 0.0383. The van der Waals surface area contributed by atoms with E-state index in [1.165, 1.54) is 31.2 Å². The van der Waals surface area contributed by atoms with Crippen molar-refractivity contribution in [3.8, 4) is 5.75 Å². The summed E-state index contributed by atoms with van der Waals surface area (Å²) in [4.78, 5) is 70.8. The number of nitrogens with zero attached hydrogens (tertiary/aromatic N) is 1. The van der Waals surface area contributed by atoms with Crippen LogP contribution in [-0.2, 0) is 76.0 Å². The molecule has 0 saturated heterocycles. The maximum Gasteiger partial charge on any atom is 0.513 e. The van der Waals surface area contributed by atoms with Gasteiger partial charge < -0.3 is 72.2 Å². The van der Waals surface area contributed by atoms with Crippen molar-refractivity contribution in [2.24, 2.45) is 0 Å². The highest BCUT2D eigenvalue weighted by atomic mass is 16.7. The van der Waals surface area contributed by atoms with E-state index in [2.05, 4.69) is 10.6 Å². The minimum absolute atomic E-state index is 0.0400. The number of amides is 4. The molecule has 0 bridgehead atoms. The lowest BCUT2D eigenvalue weighted by Crippen LogP contribution is -2.41. The molecular formula is C42H65N3O19. The minimum atomic E-state index is -0.959. The zero-order chi connectivity index (χ0) is 46.1. The Labute approximate surface area is 373 Å². The molecule has 0 fully saturated rings. The van der Waals surface area contributed by atoms with Crippen LogP contribution in [0.2, 0.25) is 0 Å². The van der Waals surface area contributed by atoms with E-state index in [0.29, 0.717) is 144 Å². The molecule has 2 rings (SSSR count). The predicted molar refractivity (Wildman–Crippen MR) is 224 cm³/mol. The number of ether oxygens (including phenoxy) is 13. The summed E-state index contributed by atoms with van der Waals surface area (Å²) in [5.41, 5.74) is 0.360. The first-order chi connectivity index (χ1) is 31.3. The molecule has 1 heterocycles. The summed E-state index contributed by atoms with van der Waals surface area (Å²) < 4.78 is 69.7. The Kier molecular flexibility index (Phi) is 33.9. The van der Waals surface area contributed by atoms with E-state index in [-0.39, 0.29) is 56.9 Å². The molecule has 1 aliphatic rings. The Hall–Kier alpha value is -4.46. The van der Waals surface area contributed by atoms with Crippen LogP contribution >= 0.6 is 0 Å². The van der Waals surface area contributed by atoms with E-state index in [1.807, 2.05) is 0 Å². The highest BCUT2D eigenvalue weighted by Gasteiger charge is 2.25. The van der Waals surface area contributed by atoms with E-state index in [0.717, 1.165) is 17.1 Å². The van der Waals surface area contributed by atoms with E-state index in [4.69, 9.17) is 61.6 Å². The van der Waals surface area contributed by atoms with Gasteiger partial charge in [0.25, 0.3) is 17.7 Å². The normalized spacial score (nSPS) is 12.2. The van der Waals surface area contributed by atoms with Crippen LogP contribution in [0.1, 0.15) is 23.7 Å². The molecular weight excluding hydrogens is 850 g/mol. The van der Waals surface area contributed by atoms with Gasteiger partial charge in [0.15, 0.2) is 0 Å². The summed E-state index contributed by atoms with van der Waals surface area (Å²) in [5, 5.41) is 5.26. The van der Waals surface area contributed by atoms with Gasteiger partial charge in [-0.05, 0) is 31.2 Å². The Morgan fingerprint density at radius 2 is 0.828 bits per heavy atom. The average molecular weight is 916 g/mol. The Balaban J connectivity index is 1.26. The first-order valence-corrected chi connectivity index (χ1v) is 21.1. The molecule has 362 valence electrons. The van der Waals surface area contributed by atoms with Crippen LogP contribution < -0.4 is 15.4 Å². The molecule has 22 heteroatoms. The molecule has 0 unspecified atom stereocenters. The summed E-state index contributed by atoms with van der Waals surface area (Å²) in [6, 6.07) is 5.91. The second-order valence-electron chi connectivity index (χ2n) is 13.1. The molecule has 2 N–H and O–H groups in total. The van der Waals surface area contributed by atoms with Crippen molar-refractivity contribution in [3.63, 3.8) is 0 Å². The van der Waals surface area contributed by atoms with Gasteiger partial charge in [0.1, 0.15) is 24.7 Å². The van der Waals surface area contributed by atoms with Crippen molar-refractivity contribution in [1.29, 1.82) is 0 Å². The second-order valence-corrected chi connectivity index (χ2v) is 13.1. The number of Topliss-reactive ketones (excluding diaryl/α,β-unsaturated/α-hetero) is 1. The molecule has 0 aliphatic carbocycles. The second kappa shape index (κ2) is 39.0. The predicted octanol–water partition coefficient (Wildman–Crippen LogP) is 0.135. The number of nitrogens with one attached hydrogen (secondary N) is 2. The molecule has 1 aromatic rings. The highest BCUT2D eigenvalue weighted by molar-refractivity contribution is 6.14. The van der Waals surface area contributed by atoms with E-state index in [9.17, 15) is 28.8 Å². The fourth-order valence-corrected chi connectivity index (χ4v) is 4.77. The van der Waals surface area contributed by atoms with Crippen LogP contribution in [0.4, 0.5) is 4.79 Å². The van der Waals surface area contributed by atoms with E-state index in [1.54, 1.807) is 0 Å². The molecule has 64 heavy (non-hydrogen) atoms. The number of hydrogen-bond donors (Lipinski definition) is 2. The van der Waals surface area contributed by atoms with Gasteiger partial charge in [-0.2, -0.15) is 0 Å². The lowest BCUT2D eigenvalue weighted by molar-refractivity contribution is -0.141. The molecule has 4 amide bonds. The Bertz CT molecular complexity index is 1450. The van der Waals surface area contributed by atoms with Crippen molar-refractivity contribution in [2.45, 2.75) is 13.3 Å². The molecule has 1 aromatic carbocycles. The van der Waals surface area contributed by atoms with Crippen molar-refractivity contribution in [3.05, 3.63) is 42.0 Å². The van der Waals surface area contributed by atoms with Crippen LogP contribution in [0.5, 0.6) is 5.75 Å². The Morgan fingerprint density at radius 1 is 0.469 bits per heavy atom. The van der Waals surface area contributed by atoms with Crippen molar-refractivity contribution in [1.82, 2.24) is 15.5 Å². The Morgan fingerprint density at radius 3 is 1.23 bits per heavy atom. The fourth-order valence-electron chi connectivity index (χ4n) is 4.77. The van der Waals surface area contributed by atoms with Gasteiger partial charge in [-0.1, -0.05) is 0 Å². The smallest absolute Gasteiger partial charge is 0.432 e. The van der Waals surface area contributed by atoms with Gasteiger partial charge in [0, 0.05) is 37.2 Å². The van der Waals surface area contributed by atoms with Crippen LogP contribution in [0.3, 0.4) is 0 Å². The highest BCUT2D eigenvalue weighted by Crippen LogP contribution is 2.13. The summed E-state index contributed by atoms with van der Waals surface area (Å²) in [6.07, 6.45) is 1.66. The standard InChI is InChI=1S/C42H65N3O19/c1-35(46)8-11-52-14-16-55-18-20-57-22-24-59-26-28-61-30-31-62-29-27-60-25-23-58-21-19-56-17-15-53-13-10-44-41(50)36-2-4-37(5-3-36)64-42(51)63-33-32-54-12-9-43-38(47)34-45-39(48)6-7-40(45)49/h2-7H,8-34H2,1H3,(H,43,47)(H,44,50). The van der Waals surface area contributed by atoms with Crippen LogP contribution in [-0.4, -0.2) is 212 Å². The monoisotopic (exact) mass is 915 g/mol. The van der Waals surface area contributed by atoms with E-state index >= 15 is 0 Å². The van der Waals surface area contributed by atoms with Gasteiger partial charge in [-0.25, -0.2) is 4.79 Å². The number of rotatable bonds is 43. The maximum absolute atomic E-state index is 12.4. The van der Waals surface area contributed by atoms with Crippen molar-refractivity contribution in [2.75, 3.05) is 172 Å². The fraction of sp³-hybridized carbons (Fsp3) is 0.667. The number of ketones is 1. The van der Waals surface area contributed by atoms with Gasteiger partial charge in [0.2, 0.25) is 5.91 Å². The number of benzene rings is 1. The van der Waals surface area contributed by atoms with Crippen LogP contribution in [0, 0.1) is 0 Å². The van der Waals surface area contributed by atoms with Crippen molar-refractivity contribution >= 4 is 35.6 Å². The third-order valence-electron chi connectivity index (χ3n) is 8.01. The molecule has 22 nitrogen and oxygen atoms in total. The maximum atomic E-state index is 12.4. The average Bonchev–Trinajstić information content (AvgIpc) is 3.59. The van der Waals surface area contributed by atoms with Crippen LogP contribution in [0.25, 0.3) is 0 Å². The zero-order valence-corrected chi connectivity index (χ0v) is 36.8. The van der Waals surface area contributed by atoms with Gasteiger partial charge in [-0.15, -0.1) is 0 Å². The van der Waals surface area contributed by atoms with Gasteiger partial charge in [0.05, 0.1) is 145 Å². The molecule has 0 radical (unpaired) electrons. The topological polar surface area (TPSA) is 250 Å². The third-order valence-corrected chi connectivity index (χ3v) is 8.01. The van der Waals surface area contributed by atoms with Crippen LogP contribution in [0.15, 0.2) is 36.4 Å². The SMILES string of the molecule is CC(=O)CCOCCOCCOCCOCCOCCOCCOCCOCCOCCOCCNC(=O)c1ccc(OC(=O)OCCOCCNC(=O)CN2C(=O)C=CC2=O)cc1. The van der Waals surface area contributed by atoms with Crippen molar-refractivity contribution < 1.29 is 90.3 Å². The zero-order valence-electron chi connectivity index (χ0n) is 36.8. The van der Waals surface area contributed by atoms with Gasteiger partial charge in [-0.3, -0.25) is 28.9 Å². The lowest BCUT2D eigenvalue weighted by Gasteiger charge is -2.13. The molecule has 1 aliphatic heterocycles. The summed E-state index contributed by atoms with van der Waals surface area (Å²) >= 11 is 0. The first kappa shape index (κ1) is 55.7.